The van der Waals surface area contributed by atoms with Gasteiger partial charge in [0.1, 0.15) is 5.75 Å². The highest BCUT2D eigenvalue weighted by atomic mass is 32.2. The molecular formula is C10H17NO5S. The summed E-state index contributed by atoms with van der Waals surface area (Å²) < 4.78 is 22.9. The summed E-state index contributed by atoms with van der Waals surface area (Å²) in [6, 6.07) is 0. The van der Waals surface area contributed by atoms with Gasteiger partial charge in [-0.15, -0.1) is 0 Å². The molecule has 0 radical (unpaired) electrons. The van der Waals surface area contributed by atoms with Crippen molar-refractivity contribution >= 4 is 21.7 Å². The van der Waals surface area contributed by atoms with Crippen molar-refractivity contribution < 1.29 is 23.1 Å². The third-order valence-electron chi connectivity index (χ3n) is 2.75. The molecule has 6 nitrogen and oxygen atoms in total. The Kier molecular flexibility index (Phi) is 4.50. The lowest BCUT2D eigenvalue weighted by atomic mass is 10.1. The smallest absolute Gasteiger partial charge is 0.308 e. The molecule has 0 aromatic carbocycles. The zero-order valence-corrected chi connectivity index (χ0v) is 10.6. The Hall–Kier alpha value is -1.11. The molecule has 17 heavy (non-hydrogen) atoms. The SMILES string of the molecule is CCCS(=O)(=O)CC(=O)N1CCC(C(=O)O)C1. The van der Waals surface area contributed by atoms with Crippen molar-refractivity contribution in [3.63, 3.8) is 0 Å². The van der Waals surface area contributed by atoms with Gasteiger partial charge in [0, 0.05) is 13.1 Å². The molecule has 1 N–H and O–H groups in total. The second-order valence-corrected chi connectivity index (χ2v) is 6.44. The van der Waals surface area contributed by atoms with Crippen LogP contribution in [0.3, 0.4) is 0 Å². The van der Waals surface area contributed by atoms with Crippen LogP contribution in [-0.2, 0) is 19.4 Å². The first-order chi connectivity index (χ1) is 7.85. The summed E-state index contributed by atoms with van der Waals surface area (Å²) in [4.78, 5) is 23.7. The van der Waals surface area contributed by atoms with Gasteiger partial charge >= 0.3 is 5.97 Å². The van der Waals surface area contributed by atoms with Gasteiger partial charge in [0.05, 0.1) is 11.7 Å². The molecule has 98 valence electrons. The van der Waals surface area contributed by atoms with Gasteiger partial charge in [-0.05, 0) is 12.8 Å². The van der Waals surface area contributed by atoms with E-state index in [0.29, 0.717) is 19.4 Å². The van der Waals surface area contributed by atoms with Crippen LogP contribution in [0.1, 0.15) is 19.8 Å². The van der Waals surface area contributed by atoms with E-state index in [9.17, 15) is 18.0 Å². The average molecular weight is 263 g/mol. The number of carbonyl (C=O) groups excluding carboxylic acids is 1. The number of carboxylic acid groups (broad SMARTS) is 1. The van der Waals surface area contributed by atoms with E-state index in [2.05, 4.69) is 0 Å². The fraction of sp³-hybridized carbons (Fsp3) is 0.800. The van der Waals surface area contributed by atoms with Crippen molar-refractivity contribution in [2.75, 3.05) is 24.6 Å². The fourth-order valence-corrected chi connectivity index (χ4v) is 3.18. The first-order valence-corrected chi connectivity index (χ1v) is 7.39. The standard InChI is InChI=1S/C10H17NO5S/c1-2-5-17(15,16)7-9(12)11-4-3-8(6-11)10(13)14/h8H,2-7H2,1H3,(H,13,14). The number of amides is 1. The van der Waals surface area contributed by atoms with Crippen LogP contribution in [0.4, 0.5) is 0 Å². The molecule has 0 aromatic heterocycles. The van der Waals surface area contributed by atoms with E-state index >= 15 is 0 Å². The molecule has 1 heterocycles. The lowest BCUT2D eigenvalue weighted by Crippen LogP contribution is -2.35. The van der Waals surface area contributed by atoms with E-state index in [0.717, 1.165) is 0 Å². The van der Waals surface area contributed by atoms with E-state index in [-0.39, 0.29) is 12.3 Å². The number of likely N-dealkylation sites (tertiary alicyclic amines) is 1. The molecule has 0 spiro atoms. The zero-order chi connectivity index (χ0) is 13.1. The van der Waals surface area contributed by atoms with Crippen molar-refractivity contribution in [3.05, 3.63) is 0 Å². The van der Waals surface area contributed by atoms with Gasteiger partial charge in [0.25, 0.3) is 0 Å². The molecule has 1 saturated heterocycles. The molecule has 1 fully saturated rings. The van der Waals surface area contributed by atoms with Crippen LogP contribution < -0.4 is 0 Å². The van der Waals surface area contributed by atoms with E-state index in [1.165, 1.54) is 4.90 Å². The van der Waals surface area contributed by atoms with Crippen LogP contribution >= 0.6 is 0 Å². The lowest BCUT2D eigenvalue weighted by Gasteiger charge is -2.15. The normalized spacial score (nSPS) is 20.5. The van der Waals surface area contributed by atoms with Gasteiger partial charge in [-0.25, -0.2) is 8.42 Å². The van der Waals surface area contributed by atoms with Gasteiger partial charge in [0.15, 0.2) is 9.84 Å². The van der Waals surface area contributed by atoms with Gasteiger partial charge in [-0.1, -0.05) is 6.92 Å². The van der Waals surface area contributed by atoms with Gasteiger partial charge < -0.3 is 10.0 Å². The van der Waals surface area contributed by atoms with Crippen molar-refractivity contribution in [1.29, 1.82) is 0 Å². The molecule has 0 saturated carbocycles. The van der Waals surface area contributed by atoms with Crippen molar-refractivity contribution in [2.24, 2.45) is 5.92 Å². The molecule has 0 bridgehead atoms. The second-order valence-electron chi connectivity index (χ2n) is 4.26. The summed E-state index contributed by atoms with van der Waals surface area (Å²) in [5.74, 6) is -2.49. The Labute approximate surface area is 101 Å². The molecule has 1 unspecified atom stereocenters. The Balaban J connectivity index is 2.53. The summed E-state index contributed by atoms with van der Waals surface area (Å²) >= 11 is 0. The Morgan fingerprint density at radius 2 is 2.06 bits per heavy atom. The number of nitrogens with zero attached hydrogens (tertiary/aromatic N) is 1. The minimum atomic E-state index is -3.34. The molecule has 1 aliphatic rings. The lowest BCUT2D eigenvalue weighted by molar-refractivity contribution is -0.141. The molecule has 7 heteroatoms. The number of hydrogen-bond acceptors (Lipinski definition) is 4. The van der Waals surface area contributed by atoms with Crippen LogP contribution in [-0.4, -0.2) is 54.9 Å². The van der Waals surface area contributed by atoms with Crippen LogP contribution in [0.5, 0.6) is 0 Å². The first-order valence-electron chi connectivity index (χ1n) is 5.56. The molecule has 0 aliphatic carbocycles. The van der Waals surface area contributed by atoms with Crippen LogP contribution in [0.25, 0.3) is 0 Å². The highest BCUT2D eigenvalue weighted by Crippen LogP contribution is 2.16. The molecule has 1 aliphatic heterocycles. The number of carbonyl (C=O) groups is 2. The zero-order valence-electron chi connectivity index (χ0n) is 9.76. The molecule has 1 atom stereocenters. The molecule has 1 amide bonds. The maximum Gasteiger partial charge on any atom is 0.308 e. The van der Waals surface area contributed by atoms with Crippen LogP contribution in [0.2, 0.25) is 0 Å². The quantitative estimate of drug-likeness (QED) is 0.738. The van der Waals surface area contributed by atoms with Crippen LogP contribution in [0, 0.1) is 5.92 Å². The monoisotopic (exact) mass is 263 g/mol. The van der Waals surface area contributed by atoms with Gasteiger partial charge in [0.2, 0.25) is 5.91 Å². The van der Waals surface area contributed by atoms with Gasteiger partial charge in [-0.3, -0.25) is 9.59 Å². The third-order valence-corrected chi connectivity index (χ3v) is 4.47. The minimum Gasteiger partial charge on any atom is -0.481 e. The van der Waals surface area contributed by atoms with Crippen LogP contribution in [0.15, 0.2) is 0 Å². The van der Waals surface area contributed by atoms with Gasteiger partial charge in [-0.2, -0.15) is 0 Å². The maximum absolute atomic E-state index is 11.7. The first kappa shape index (κ1) is 14.0. The average Bonchev–Trinajstić information content (AvgIpc) is 2.64. The fourth-order valence-electron chi connectivity index (χ4n) is 1.85. The summed E-state index contributed by atoms with van der Waals surface area (Å²) in [6.07, 6.45) is 0.877. The summed E-state index contributed by atoms with van der Waals surface area (Å²) in [5.41, 5.74) is 0. The maximum atomic E-state index is 11.7. The number of sulfone groups is 1. The number of hydrogen-bond donors (Lipinski definition) is 1. The van der Waals surface area contributed by atoms with Crippen molar-refractivity contribution in [1.82, 2.24) is 4.90 Å². The molecule has 0 aromatic rings. The molecule has 1 rings (SSSR count). The Bertz CT molecular complexity index is 403. The Morgan fingerprint density at radius 1 is 1.41 bits per heavy atom. The summed E-state index contributed by atoms with van der Waals surface area (Å²) in [7, 11) is -3.34. The predicted molar refractivity (Wildman–Crippen MR) is 61.3 cm³/mol. The van der Waals surface area contributed by atoms with E-state index in [1.54, 1.807) is 6.92 Å². The minimum absolute atomic E-state index is 0.00502. The van der Waals surface area contributed by atoms with E-state index < -0.39 is 33.4 Å². The third kappa shape index (κ3) is 3.99. The highest BCUT2D eigenvalue weighted by molar-refractivity contribution is 7.92. The largest absolute Gasteiger partial charge is 0.481 e. The van der Waals surface area contributed by atoms with E-state index in [1.807, 2.05) is 0 Å². The van der Waals surface area contributed by atoms with E-state index in [4.69, 9.17) is 5.11 Å². The Morgan fingerprint density at radius 3 is 2.53 bits per heavy atom. The summed E-state index contributed by atoms with van der Waals surface area (Å²) in [6.45, 7) is 2.19. The van der Waals surface area contributed by atoms with Crippen molar-refractivity contribution in [3.8, 4) is 0 Å². The topological polar surface area (TPSA) is 91.8 Å². The number of rotatable bonds is 5. The summed E-state index contributed by atoms with van der Waals surface area (Å²) in [5, 5.41) is 8.77. The highest BCUT2D eigenvalue weighted by Gasteiger charge is 2.32. The number of aliphatic carboxylic acids is 1. The molecular weight excluding hydrogens is 246 g/mol. The number of carboxylic acids is 1. The predicted octanol–water partition coefficient (Wildman–Crippen LogP) is -0.256. The second kappa shape index (κ2) is 5.48. The van der Waals surface area contributed by atoms with Crippen molar-refractivity contribution in [2.45, 2.75) is 19.8 Å².